The van der Waals surface area contributed by atoms with E-state index < -0.39 is 6.10 Å². The second-order valence-corrected chi connectivity index (χ2v) is 6.35. The summed E-state index contributed by atoms with van der Waals surface area (Å²) in [4.78, 5) is 4.51. The quantitative estimate of drug-likeness (QED) is 0.818. The molecule has 0 amide bonds. The van der Waals surface area contributed by atoms with Gasteiger partial charge in [0.1, 0.15) is 11.1 Å². The zero-order valence-electron chi connectivity index (χ0n) is 10.1. The number of fused-ring (bicyclic) bond motifs is 1. The van der Waals surface area contributed by atoms with E-state index in [-0.39, 0.29) is 5.41 Å². The third-order valence-electron chi connectivity index (χ3n) is 2.61. The van der Waals surface area contributed by atoms with Crippen LogP contribution in [0.2, 0.25) is 0 Å². The molecule has 2 aromatic rings. The van der Waals surface area contributed by atoms with Crippen LogP contribution in [0.5, 0.6) is 0 Å². The molecule has 0 unspecified atom stereocenters. The first kappa shape index (κ1) is 11.6. The number of aryl methyl sites for hydroxylation is 1. The minimum absolute atomic E-state index is 0.164. The van der Waals surface area contributed by atoms with E-state index in [1.807, 2.05) is 20.8 Å². The molecule has 0 aliphatic rings. The maximum Gasteiger partial charge on any atom is 0.123 e. The summed E-state index contributed by atoms with van der Waals surface area (Å²) < 4.78 is 1.14. The van der Waals surface area contributed by atoms with Crippen LogP contribution in [-0.2, 0) is 0 Å². The van der Waals surface area contributed by atoms with Gasteiger partial charge in [0.25, 0.3) is 0 Å². The molecule has 2 nitrogen and oxygen atoms in total. The second-order valence-electron chi connectivity index (χ2n) is 5.29. The molecule has 1 aromatic heterocycles. The lowest BCUT2D eigenvalue weighted by atomic mass is 9.90. The Morgan fingerprint density at radius 2 is 2.00 bits per heavy atom. The van der Waals surface area contributed by atoms with Gasteiger partial charge in [0.2, 0.25) is 0 Å². The summed E-state index contributed by atoms with van der Waals surface area (Å²) in [7, 11) is 0. The first-order chi connectivity index (χ1) is 7.38. The number of nitrogens with zero attached hydrogens (tertiary/aromatic N) is 1. The normalized spacial score (nSPS) is 14.3. The Bertz CT molecular complexity index is 510. The summed E-state index contributed by atoms with van der Waals surface area (Å²) in [5.74, 6) is 0. The Morgan fingerprint density at radius 3 is 2.62 bits per heavy atom. The number of benzene rings is 1. The van der Waals surface area contributed by atoms with Crippen molar-refractivity contribution in [3.63, 3.8) is 0 Å². The SMILES string of the molecule is Cc1ccc2sc([C@H](O)C(C)(C)C)nc2c1. The number of hydrogen-bond acceptors (Lipinski definition) is 3. The molecule has 86 valence electrons. The summed E-state index contributed by atoms with van der Waals surface area (Å²) in [5.41, 5.74) is 2.03. The molecule has 0 saturated carbocycles. The van der Waals surface area contributed by atoms with Gasteiger partial charge in [-0.2, -0.15) is 0 Å². The van der Waals surface area contributed by atoms with Gasteiger partial charge in [-0.05, 0) is 30.0 Å². The molecule has 0 aliphatic carbocycles. The van der Waals surface area contributed by atoms with Gasteiger partial charge in [-0.25, -0.2) is 4.98 Å². The van der Waals surface area contributed by atoms with Crippen LogP contribution in [0.4, 0.5) is 0 Å². The minimum Gasteiger partial charge on any atom is -0.385 e. The minimum atomic E-state index is -0.495. The van der Waals surface area contributed by atoms with Gasteiger partial charge in [-0.3, -0.25) is 0 Å². The highest BCUT2D eigenvalue weighted by Crippen LogP contribution is 2.36. The molecule has 0 bridgehead atoms. The molecule has 0 radical (unpaired) electrons. The molecule has 0 saturated heterocycles. The largest absolute Gasteiger partial charge is 0.385 e. The molecule has 0 spiro atoms. The van der Waals surface area contributed by atoms with E-state index in [1.165, 1.54) is 5.56 Å². The van der Waals surface area contributed by atoms with Gasteiger partial charge in [-0.15, -0.1) is 11.3 Å². The summed E-state index contributed by atoms with van der Waals surface area (Å²) in [6, 6.07) is 6.21. The molecule has 2 rings (SSSR count). The van der Waals surface area contributed by atoms with Crippen LogP contribution < -0.4 is 0 Å². The van der Waals surface area contributed by atoms with Gasteiger partial charge >= 0.3 is 0 Å². The maximum absolute atomic E-state index is 10.2. The highest BCUT2D eigenvalue weighted by molar-refractivity contribution is 7.18. The fourth-order valence-electron chi connectivity index (χ4n) is 1.54. The molecule has 1 aromatic carbocycles. The number of aliphatic hydroxyl groups is 1. The van der Waals surface area contributed by atoms with Crippen LogP contribution in [0.1, 0.15) is 37.4 Å². The molecular weight excluding hydrogens is 218 g/mol. The zero-order valence-corrected chi connectivity index (χ0v) is 10.9. The number of hydrogen-bond donors (Lipinski definition) is 1. The van der Waals surface area contributed by atoms with Gasteiger partial charge in [-0.1, -0.05) is 26.8 Å². The van der Waals surface area contributed by atoms with Gasteiger partial charge in [0.05, 0.1) is 10.2 Å². The third kappa shape index (κ3) is 2.11. The summed E-state index contributed by atoms with van der Waals surface area (Å²) in [5, 5.41) is 11.0. The maximum atomic E-state index is 10.2. The lowest BCUT2D eigenvalue weighted by Crippen LogP contribution is -2.17. The number of thiazole rings is 1. The van der Waals surface area contributed by atoms with Crippen LogP contribution in [-0.4, -0.2) is 10.1 Å². The topological polar surface area (TPSA) is 33.1 Å². The first-order valence-electron chi connectivity index (χ1n) is 5.43. The van der Waals surface area contributed by atoms with E-state index in [4.69, 9.17) is 0 Å². The van der Waals surface area contributed by atoms with E-state index in [1.54, 1.807) is 11.3 Å². The molecule has 0 aliphatic heterocycles. The Labute approximate surface area is 100.0 Å². The standard InChI is InChI=1S/C13H17NOS/c1-8-5-6-10-9(7-8)14-12(16-10)11(15)13(2,3)4/h5-7,11,15H,1-4H3/t11-/m0/s1. The predicted octanol–water partition coefficient (Wildman–Crippen LogP) is 3.68. The van der Waals surface area contributed by atoms with E-state index in [2.05, 4.69) is 30.1 Å². The van der Waals surface area contributed by atoms with Gasteiger partial charge in [0, 0.05) is 0 Å². The van der Waals surface area contributed by atoms with Gasteiger partial charge in [0.15, 0.2) is 0 Å². The molecule has 1 N–H and O–H groups in total. The van der Waals surface area contributed by atoms with Crippen molar-refractivity contribution < 1.29 is 5.11 Å². The number of aromatic nitrogens is 1. The van der Waals surface area contributed by atoms with Crippen LogP contribution in [0, 0.1) is 12.3 Å². The van der Waals surface area contributed by atoms with Crippen molar-refractivity contribution in [2.75, 3.05) is 0 Å². The monoisotopic (exact) mass is 235 g/mol. The molecule has 3 heteroatoms. The average Bonchev–Trinajstić information content (AvgIpc) is 2.57. The lowest BCUT2D eigenvalue weighted by molar-refractivity contribution is 0.0626. The fourth-order valence-corrected chi connectivity index (χ4v) is 2.72. The Kier molecular flexibility index (Phi) is 2.76. The number of aliphatic hydroxyl groups excluding tert-OH is 1. The average molecular weight is 235 g/mol. The van der Waals surface area contributed by atoms with E-state index >= 15 is 0 Å². The van der Waals surface area contributed by atoms with E-state index in [0.717, 1.165) is 15.2 Å². The lowest BCUT2D eigenvalue weighted by Gasteiger charge is -2.23. The van der Waals surface area contributed by atoms with Crippen LogP contribution in [0.15, 0.2) is 18.2 Å². The summed E-state index contributed by atoms with van der Waals surface area (Å²) >= 11 is 1.58. The molecule has 16 heavy (non-hydrogen) atoms. The fraction of sp³-hybridized carbons (Fsp3) is 0.462. The molecule has 0 fully saturated rings. The van der Waals surface area contributed by atoms with Crippen molar-refractivity contribution in [1.82, 2.24) is 4.98 Å². The highest BCUT2D eigenvalue weighted by atomic mass is 32.1. The zero-order chi connectivity index (χ0) is 11.9. The Hall–Kier alpha value is -0.930. The van der Waals surface area contributed by atoms with Crippen molar-refractivity contribution in [3.05, 3.63) is 28.8 Å². The van der Waals surface area contributed by atoms with Crippen molar-refractivity contribution in [2.45, 2.75) is 33.8 Å². The van der Waals surface area contributed by atoms with Gasteiger partial charge < -0.3 is 5.11 Å². The van der Waals surface area contributed by atoms with Crippen molar-refractivity contribution in [1.29, 1.82) is 0 Å². The number of rotatable bonds is 1. The van der Waals surface area contributed by atoms with E-state index in [9.17, 15) is 5.11 Å². The van der Waals surface area contributed by atoms with Crippen LogP contribution in [0.3, 0.4) is 0 Å². The van der Waals surface area contributed by atoms with Crippen LogP contribution in [0.25, 0.3) is 10.2 Å². The molecule has 1 heterocycles. The van der Waals surface area contributed by atoms with Crippen molar-refractivity contribution in [3.8, 4) is 0 Å². The predicted molar refractivity (Wildman–Crippen MR) is 68.8 cm³/mol. The van der Waals surface area contributed by atoms with Crippen molar-refractivity contribution >= 4 is 21.6 Å². The van der Waals surface area contributed by atoms with E-state index in [0.29, 0.717) is 0 Å². The molecule has 1 atom stereocenters. The smallest absolute Gasteiger partial charge is 0.123 e. The highest BCUT2D eigenvalue weighted by Gasteiger charge is 2.26. The summed E-state index contributed by atoms with van der Waals surface area (Å²) in [6.45, 7) is 8.12. The Balaban J connectivity index is 2.47. The summed E-state index contributed by atoms with van der Waals surface area (Å²) in [6.07, 6.45) is -0.495. The van der Waals surface area contributed by atoms with Crippen molar-refractivity contribution in [2.24, 2.45) is 5.41 Å². The first-order valence-corrected chi connectivity index (χ1v) is 6.25. The third-order valence-corrected chi connectivity index (χ3v) is 3.70. The molecular formula is C13H17NOS. The van der Waals surface area contributed by atoms with Crippen LogP contribution >= 0.6 is 11.3 Å². The Morgan fingerprint density at radius 1 is 1.31 bits per heavy atom. The second kappa shape index (κ2) is 3.82.